The van der Waals surface area contributed by atoms with Crippen LogP contribution in [0.25, 0.3) is 0 Å². The zero-order valence-electron chi connectivity index (χ0n) is 9.21. The number of hydrogen-bond acceptors (Lipinski definition) is 2. The molecule has 0 amide bonds. The molecular weight excluding hydrogens is 172 g/mol. The summed E-state index contributed by atoms with van der Waals surface area (Å²) in [5.74, 6) is 0. The smallest absolute Gasteiger partial charge is 0.0299 e. The summed E-state index contributed by atoms with van der Waals surface area (Å²) < 4.78 is 0. The lowest BCUT2D eigenvalue weighted by Crippen LogP contribution is -2.16. The highest BCUT2D eigenvalue weighted by Crippen LogP contribution is 2.07. The van der Waals surface area contributed by atoms with Crippen molar-refractivity contribution in [2.45, 2.75) is 33.1 Å². The van der Waals surface area contributed by atoms with Gasteiger partial charge in [-0.15, -0.1) is 0 Å². The highest BCUT2D eigenvalue weighted by molar-refractivity contribution is 5.21. The lowest BCUT2D eigenvalue weighted by atomic mass is 10.1. The Morgan fingerprint density at radius 2 is 2.21 bits per heavy atom. The van der Waals surface area contributed by atoms with E-state index < -0.39 is 0 Å². The number of rotatable bonds is 6. The van der Waals surface area contributed by atoms with E-state index in [0.717, 1.165) is 19.5 Å². The van der Waals surface area contributed by atoms with Crippen molar-refractivity contribution in [1.29, 1.82) is 0 Å². The van der Waals surface area contributed by atoms with E-state index in [4.69, 9.17) is 0 Å². The Balaban J connectivity index is 2.21. The van der Waals surface area contributed by atoms with Crippen molar-refractivity contribution >= 4 is 0 Å². The monoisotopic (exact) mass is 192 g/mol. The molecule has 0 saturated heterocycles. The fraction of sp³-hybridized carbons (Fsp3) is 0.583. The van der Waals surface area contributed by atoms with Crippen LogP contribution in [0.4, 0.5) is 0 Å². The van der Waals surface area contributed by atoms with Crippen LogP contribution in [0, 0.1) is 6.92 Å². The Morgan fingerprint density at radius 1 is 1.36 bits per heavy atom. The summed E-state index contributed by atoms with van der Waals surface area (Å²) in [4.78, 5) is 4.09. The van der Waals surface area contributed by atoms with Crippen LogP contribution in [0.2, 0.25) is 0 Å². The Kier molecular flexibility index (Phi) is 5.23. The zero-order valence-corrected chi connectivity index (χ0v) is 9.21. The van der Waals surface area contributed by atoms with Gasteiger partial charge in [-0.3, -0.25) is 4.98 Å². The zero-order chi connectivity index (χ0) is 10.2. The highest BCUT2D eigenvalue weighted by atomic mass is 14.8. The van der Waals surface area contributed by atoms with E-state index in [1.807, 2.05) is 12.4 Å². The lowest BCUT2D eigenvalue weighted by Gasteiger charge is -2.05. The molecule has 0 unspecified atom stereocenters. The molecular formula is C12H20N2. The molecule has 0 fully saturated rings. The van der Waals surface area contributed by atoms with Crippen LogP contribution in [0.1, 0.15) is 30.9 Å². The Bertz CT molecular complexity index is 258. The normalized spacial score (nSPS) is 10.4. The SMILES string of the molecule is CCCNCCCc1ccncc1C. The van der Waals surface area contributed by atoms with Gasteiger partial charge in [0.2, 0.25) is 0 Å². The number of aryl methyl sites for hydroxylation is 2. The van der Waals surface area contributed by atoms with Crippen LogP contribution in [0.15, 0.2) is 18.5 Å². The molecule has 0 atom stereocenters. The van der Waals surface area contributed by atoms with Gasteiger partial charge in [0.25, 0.3) is 0 Å². The largest absolute Gasteiger partial charge is 0.317 e. The van der Waals surface area contributed by atoms with E-state index in [0.29, 0.717) is 0 Å². The van der Waals surface area contributed by atoms with Crippen LogP contribution in [-0.4, -0.2) is 18.1 Å². The maximum Gasteiger partial charge on any atom is 0.0299 e. The molecule has 1 aromatic rings. The molecule has 78 valence electrons. The lowest BCUT2D eigenvalue weighted by molar-refractivity contribution is 0.639. The van der Waals surface area contributed by atoms with Crippen molar-refractivity contribution in [2.24, 2.45) is 0 Å². The topological polar surface area (TPSA) is 24.9 Å². The van der Waals surface area contributed by atoms with Crippen LogP contribution in [0.5, 0.6) is 0 Å². The fourth-order valence-corrected chi connectivity index (χ4v) is 1.49. The van der Waals surface area contributed by atoms with E-state index in [1.54, 1.807) is 0 Å². The summed E-state index contributed by atoms with van der Waals surface area (Å²) in [6, 6.07) is 2.12. The van der Waals surface area contributed by atoms with Gasteiger partial charge < -0.3 is 5.32 Å². The third kappa shape index (κ3) is 3.88. The van der Waals surface area contributed by atoms with Crippen molar-refractivity contribution < 1.29 is 0 Å². The first-order chi connectivity index (χ1) is 6.84. The predicted octanol–water partition coefficient (Wildman–Crippen LogP) is 2.32. The Morgan fingerprint density at radius 3 is 2.93 bits per heavy atom. The average Bonchev–Trinajstić information content (AvgIpc) is 2.20. The average molecular weight is 192 g/mol. The summed E-state index contributed by atoms with van der Waals surface area (Å²) in [5, 5.41) is 3.41. The summed E-state index contributed by atoms with van der Waals surface area (Å²) >= 11 is 0. The summed E-state index contributed by atoms with van der Waals surface area (Å²) in [6.45, 7) is 6.58. The van der Waals surface area contributed by atoms with E-state index in [1.165, 1.54) is 24.0 Å². The second-order valence-electron chi connectivity index (χ2n) is 3.66. The van der Waals surface area contributed by atoms with Crippen LogP contribution in [-0.2, 0) is 6.42 Å². The molecule has 1 rings (SSSR count). The molecule has 1 N–H and O–H groups in total. The van der Waals surface area contributed by atoms with Gasteiger partial charge in [0.15, 0.2) is 0 Å². The molecule has 0 radical (unpaired) electrons. The van der Waals surface area contributed by atoms with Crippen molar-refractivity contribution in [1.82, 2.24) is 10.3 Å². The standard InChI is InChI=1S/C12H20N2/c1-3-7-13-8-4-5-12-6-9-14-10-11(12)2/h6,9-10,13H,3-5,7-8H2,1-2H3. The number of hydrogen-bond donors (Lipinski definition) is 1. The molecule has 0 aliphatic heterocycles. The van der Waals surface area contributed by atoms with E-state index in [9.17, 15) is 0 Å². The Labute approximate surface area is 86.8 Å². The van der Waals surface area contributed by atoms with Gasteiger partial charge in [0.05, 0.1) is 0 Å². The molecule has 0 bridgehead atoms. The first kappa shape index (κ1) is 11.2. The van der Waals surface area contributed by atoms with Crippen LogP contribution in [0.3, 0.4) is 0 Å². The first-order valence-corrected chi connectivity index (χ1v) is 5.44. The molecule has 0 aliphatic carbocycles. The fourth-order valence-electron chi connectivity index (χ4n) is 1.49. The molecule has 1 aromatic heterocycles. The van der Waals surface area contributed by atoms with Crippen LogP contribution < -0.4 is 5.32 Å². The van der Waals surface area contributed by atoms with Crippen molar-refractivity contribution in [2.75, 3.05) is 13.1 Å². The van der Waals surface area contributed by atoms with Gasteiger partial charge >= 0.3 is 0 Å². The van der Waals surface area contributed by atoms with Gasteiger partial charge in [0, 0.05) is 12.4 Å². The molecule has 2 heteroatoms. The summed E-state index contributed by atoms with van der Waals surface area (Å²) in [5.41, 5.74) is 2.74. The van der Waals surface area contributed by atoms with E-state index in [2.05, 4.69) is 30.2 Å². The van der Waals surface area contributed by atoms with Crippen molar-refractivity contribution in [3.05, 3.63) is 29.6 Å². The van der Waals surface area contributed by atoms with Gasteiger partial charge in [-0.25, -0.2) is 0 Å². The van der Waals surface area contributed by atoms with Gasteiger partial charge in [-0.05, 0) is 56.5 Å². The second kappa shape index (κ2) is 6.55. The van der Waals surface area contributed by atoms with Gasteiger partial charge in [-0.1, -0.05) is 6.92 Å². The third-order valence-corrected chi connectivity index (χ3v) is 2.36. The quantitative estimate of drug-likeness (QED) is 0.700. The molecule has 1 heterocycles. The minimum atomic E-state index is 1.12. The summed E-state index contributed by atoms with van der Waals surface area (Å²) in [7, 11) is 0. The molecule has 0 spiro atoms. The highest BCUT2D eigenvalue weighted by Gasteiger charge is 1.96. The van der Waals surface area contributed by atoms with Gasteiger partial charge in [-0.2, -0.15) is 0 Å². The maximum absolute atomic E-state index is 4.09. The van der Waals surface area contributed by atoms with E-state index in [-0.39, 0.29) is 0 Å². The third-order valence-electron chi connectivity index (χ3n) is 2.36. The number of nitrogens with one attached hydrogen (secondary N) is 1. The maximum atomic E-state index is 4.09. The molecule has 2 nitrogen and oxygen atoms in total. The predicted molar refractivity (Wildman–Crippen MR) is 60.5 cm³/mol. The van der Waals surface area contributed by atoms with E-state index >= 15 is 0 Å². The summed E-state index contributed by atoms with van der Waals surface area (Å²) in [6.07, 6.45) is 7.40. The number of pyridine rings is 1. The molecule has 14 heavy (non-hydrogen) atoms. The molecule has 0 saturated carbocycles. The Hall–Kier alpha value is -0.890. The van der Waals surface area contributed by atoms with Crippen molar-refractivity contribution in [3.8, 4) is 0 Å². The van der Waals surface area contributed by atoms with Gasteiger partial charge in [0.1, 0.15) is 0 Å². The molecule has 0 aromatic carbocycles. The van der Waals surface area contributed by atoms with Crippen molar-refractivity contribution in [3.63, 3.8) is 0 Å². The van der Waals surface area contributed by atoms with Crippen LogP contribution >= 0.6 is 0 Å². The minimum absolute atomic E-state index is 1.12. The number of aromatic nitrogens is 1. The second-order valence-corrected chi connectivity index (χ2v) is 3.66. The first-order valence-electron chi connectivity index (χ1n) is 5.44. The molecule has 0 aliphatic rings. The minimum Gasteiger partial charge on any atom is -0.317 e. The number of nitrogens with zero attached hydrogens (tertiary/aromatic N) is 1.